The van der Waals surface area contributed by atoms with Crippen molar-refractivity contribution >= 4 is 11.3 Å². The molecule has 0 amide bonds. The van der Waals surface area contributed by atoms with E-state index in [0.29, 0.717) is 0 Å². The predicted octanol–water partition coefficient (Wildman–Crippen LogP) is 0.197. The average molecular weight is 252 g/mol. The quantitative estimate of drug-likeness (QED) is 0.587. The highest BCUT2D eigenvalue weighted by Crippen LogP contribution is 2.11. The molecule has 92 valence electrons. The molecule has 0 radical (unpaired) electrons. The number of hydrazine groups is 1. The zero-order chi connectivity index (χ0) is 12.3. The third kappa shape index (κ3) is 3.32. The number of hydrogen-bond donors (Lipinski definition) is 2. The Balaban J connectivity index is 1.97. The van der Waals surface area contributed by atoms with E-state index in [2.05, 4.69) is 26.1 Å². The molecule has 0 aliphatic carbocycles. The molecule has 1 unspecified atom stereocenters. The van der Waals surface area contributed by atoms with Gasteiger partial charge in [0.25, 0.3) is 0 Å². The van der Waals surface area contributed by atoms with Crippen LogP contribution >= 0.6 is 11.3 Å². The summed E-state index contributed by atoms with van der Waals surface area (Å²) in [6.45, 7) is 2.00. The standard InChI is InChI=1S/C10H16N6S/c1-7-12-10(6-17-7)4-8(13-11)3-9-5-16(2)15-14-9/h5-6,8,13H,3-4,11H2,1-2H3. The van der Waals surface area contributed by atoms with E-state index in [-0.39, 0.29) is 6.04 Å². The van der Waals surface area contributed by atoms with Gasteiger partial charge in [-0.2, -0.15) is 0 Å². The first kappa shape index (κ1) is 12.2. The summed E-state index contributed by atoms with van der Waals surface area (Å²) in [6, 6.07) is 0.133. The van der Waals surface area contributed by atoms with Crippen LogP contribution in [0.1, 0.15) is 16.4 Å². The van der Waals surface area contributed by atoms with Crippen molar-refractivity contribution in [3.63, 3.8) is 0 Å². The van der Waals surface area contributed by atoms with Crippen LogP contribution in [0.2, 0.25) is 0 Å². The van der Waals surface area contributed by atoms with Crippen molar-refractivity contribution in [3.8, 4) is 0 Å². The van der Waals surface area contributed by atoms with Crippen LogP contribution < -0.4 is 11.3 Å². The summed E-state index contributed by atoms with van der Waals surface area (Å²) in [4.78, 5) is 4.43. The molecule has 0 fully saturated rings. The van der Waals surface area contributed by atoms with E-state index in [1.54, 1.807) is 16.0 Å². The monoisotopic (exact) mass is 252 g/mol. The summed E-state index contributed by atoms with van der Waals surface area (Å²) >= 11 is 1.66. The minimum Gasteiger partial charge on any atom is -0.271 e. The highest BCUT2D eigenvalue weighted by atomic mass is 32.1. The number of hydrogen-bond acceptors (Lipinski definition) is 6. The molecule has 2 rings (SSSR count). The van der Waals surface area contributed by atoms with E-state index in [4.69, 9.17) is 5.84 Å². The molecule has 6 nitrogen and oxygen atoms in total. The Morgan fingerprint density at radius 1 is 1.47 bits per heavy atom. The second-order valence-electron chi connectivity index (χ2n) is 4.01. The van der Waals surface area contributed by atoms with Crippen molar-refractivity contribution < 1.29 is 0 Å². The SMILES string of the molecule is Cc1nc(CC(Cc2cn(C)nn2)NN)cs1. The van der Waals surface area contributed by atoms with Gasteiger partial charge in [0.1, 0.15) is 0 Å². The lowest BCUT2D eigenvalue weighted by molar-refractivity contribution is 0.513. The van der Waals surface area contributed by atoms with Gasteiger partial charge >= 0.3 is 0 Å². The zero-order valence-electron chi connectivity index (χ0n) is 9.92. The van der Waals surface area contributed by atoms with Gasteiger partial charge in [-0.3, -0.25) is 16.0 Å². The summed E-state index contributed by atoms with van der Waals surface area (Å²) in [5, 5.41) is 11.1. The van der Waals surface area contributed by atoms with Gasteiger partial charge in [-0.15, -0.1) is 16.4 Å². The van der Waals surface area contributed by atoms with Gasteiger partial charge in [-0.05, 0) is 6.92 Å². The van der Waals surface area contributed by atoms with Gasteiger partial charge in [-0.25, -0.2) is 4.98 Å². The van der Waals surface area contributed by atoms with Gasteiger partial charge in [0.05, 0.1) is 16.4 Å². The number of aromatic nitrogens is 4. The number of rotatable bonds is 5. The molecule has 0 aromatic carbocycles. The minimum absolute atomic E-state index is 0.133. The van der Waals surface area contributed by atoms with Crippen LogP contribution in [0.25, 0.3) is 0 Å². The third-order valence-corrected chi connectivity index (χ3v) is 3.29. The predicted molar refractivity (Wildman–Crippen MR) is 66.4 cm³/mol. The summed E-state index contributed by atoms with van der Waals surface area (Å²) < 4.78 is 1.69. The van der Waals surface area contributed by atoms with Crippen molar-refractivity contribution in [1.82, 2.24) is 25.4 Å². The average Bonchev–Trinajstić information content (AvgIpc) is 2.87. The largest absolute Gasteiger partial charge is 0.271 e. The van der Waals surface area contributed by atoms with Gasteiger partial charge in [-0.1, -0.05) is 5.21 Å². The van der Waals surface area contributed by atoms with Crippen LogP contribution in [-0.4, -0.2) is 26.0 Å². The number of nitrogens with one attached hydrogen (secondary N) is 1. The molecule has 3 N–H and O–H groups in total. The molecular formula is C10H16N6S. The van der Waals surface area contributed by atoms with Crippen molar-refractivity contribution in [2.45, 2.75) is 25.8 Å². The fraction of sp³-hybridized carbons (Fsp3) is 0.500. The molecular weight excluding hydrogens is 236 g/mol. The normalized spacial score (nSPS) is 12.9. The lowest BCUT2D eigenvalue weighted by Gasteiger charge is -2.12. The minimum atomic E-state index is 0.133. The number of nitrogens with zero attached hydrogens (tertiary/aromatic N) is 4. The van der Waals surface area contributed by atoms with Gasteiger partial charge in [0, 0.05) is 37.5 Å². The van der Waals surface area contributed by atoms with Crippen molar-refractivity contribution in [2.75, 3.05) is 0 Å². The fourth-order valence-corrected chi connectivity index (χ4v) is 2.31. The summed E-state index contributed by atoms with van der Waals surface area (Å²) in [6.07, 6.45) is 3.45. The second-order valence-corrected chi connectivity index (χ2v) is 5.08. The van der Waals surface area contributed by atoms with Crippen LogP contribution in [0, 0.1) is 6.92 Å². The highest BCUT2D eigenvalue weighted by Gasteiger charge is 2.12. The van der Waals surface area contributed by atoms with Crippen LogP contribution in [-0.2, 0) is 19.9 Å². The molecule has 1 atom stereocenters. The fourth-order valence-electron chi connectivity index (χ4n) is 1.69. The lowest BCUT2D eigenvalue weighted by Crippen LogP contribution is -2.38. The summed E-state index contributed by atoms with van der Waals surface area (Å²) in [5.74, 6) is 5.55. The molecule has 2 aromatic rings. The van der Waals surface area contributed by atoms with Crippen LogP contribution in [0.3, 0.4) is 0 Å². The van der Waals surface area contributed by atoms with Gasteiger partial charge < -0.3 is 0 Å². The van der Waals surface area contributed by atoms with E-state index >= 15 is 0 Å². The molecule has 0 saturated heterocycles. The first-order valence-electron chi connectivity index (χ1n) is 5.39. The molecule has 0 aliphatic rings. The molecule has 0 saturated carbocycles. The highest BCUT2D eigenvalue weighted by molar-refractivity contribution is 7.09. The maximum Gasteiger partial charge on any atom is 0.0897 e. The van der Waals surface area contributed by atoms with Crippen molar-refractivity contribution in [3.05, 3.63) is 28.0 Å². The van der Waals surface area contributed by atoms with Crippen LogP contribution in [0.5, 0.6) is 0 Å². The Morgan fingerprint density at radius 2 is 2.24 bits per heavy atom. The summed E-state index contributed by atoms with van der Waals surface area (Å²) in [7, 11) is 1.85. The van der Waals surface area contributed by atoms with Gasteiger partial charge in [0.15, 0.2) is 0 Å². The number of thiazole rings is 1. The molecule has 2 aromatic heterocycles. The topological polar surface area (TPSA) is 81.7 Å². The Hall–Kier alpha value is -1.31. The Labute approximate surface area is 104 Å². The van der Waals surface area contributed by atoms with Crippen LogP contribution in [0.15, 0.2) is 11.6 Å². The Kier molecular flexibility index (Phi) is 3.82. The van der Waals surface area contributed by atoms with E-state index in [1.807, 2.05) is 20.2 Å². The first-order chi connectivity index (χ1) is 8.17. The molecule has 0 aliphatic heterocycles. The number of nitrogens with two attached hydrogens (primary N) is 1. The lowest BCUT2D eigenvalue weighted by atomic mass is 10.1. The molecule has 0 bridgehead atoms. The summed E-state index contributed by atoms with van der Waals surface area (Å²) in [5.41, 5.74) is 4.81. The second kappa shape index (κ2) is 5.35. The number of aryl methyl sites for hydroxylation is 2. The van der Waals surface area contributed by atoms with Crippen molar-refractivity contribution in [1.29, 1.82) is 0 Å². The van der Waals surface area contributed by atoms with E-state index in [0.717, 1.165) is 29.2 Å². The molecule has 7 heteroatoms. The van der Waals surface area contributed by atoms with Gasteiger partial charge in [0.2, 0.25) is 0 Å². The maximum absolute atomic E-state index is 5.55. The maximum atomic E-state index is 5.55. The third-order valence-electron chi connectivity index (χ3n) is 2.46. The molecule has 17 heavy (non-hydrogen) atoms. The van der Waals surface area contributed by atoms with E-state index in [9.17, 15) is 0 Å². The van der Waals surface area contributed by atoms with E-state index in [1.165, 1.54) is 0 Å². The van der Waals surface area contributed by atoms with Crippen LogP contribution in [0.4, 0.5) is 0 Å². The van der Waals surface area contributed by atoms with Crippen molar-refractivity contribution in [2.24, 2.45) is 12.9 Å². The zero-order valence-corrected chi connectivity index (χ0v) is 10.7. The molecule has 0 spiro atoms. The Morgan fingerprint density at radius 3 is 2.76 bits per heavy atom. The Bertz CT molecular complexity index is 434. The molecule has 2 heterocycles. The first-order valence-corrected chi connectivity index (χ1v) is 6.27. The smallest absolute Gasteiger partial charge is 0.0897 e. The van der Waals surface area contributed by atoms with E-state index < -0.39 is 0 Å².